The van der Waals surface area contributed by atoms with Gasteiger partial charge in [0.25, 0.3) is 0 Å². The van der Waals surface area contributed by atoms with Crippen LogP contribution < -0.4 is 15.4 Å². The highest BCUT2D eigenvalue weighted by Gasteiger charge is 2.26. The Labute approximate surface area is 172 Å². The Bertz CT molecular complexity index is 1010. The third kappa shape index (κ3) is 4.57. The van der Waals surface area contributed by atoms with Crippen LogP contribution in [0.25, 0.3) is 11.4 Å². The van der Waals surface area contributed by atoms with Gasteiger partial charge in [0.2, 0.25) is 5.91 Å². The molecule has 1 atom stereocenters. The number of carbonyl (C=O) groups is 2. The summed E-state index contributed by atoms with van der Waals surface area (Å²) in [5, 5.41) is 13.1. The molecule has 0 bridgehead atoms. The number of ether oxygens (including phenoxy) is 1. The van der Waals surface area contributed by atoms with Gasteiger partial charge in [-0.05, 0) is 17.7 Å². The first-order chi connectivity index (χ1) is 14.0. The molecule has 0 unspecified atom stereocenters. The van der Waals surface area contributed by atoms with E-state index in [1.54, 1.807) is 11.7 Å². The Morgan fingerprint density at radius 2 is 1.76 bits per heavy atom. The Morgan fingerprint density at radius 1 is 1.07 bits per heavy atom. The van der Waals surface area contributed by atoms with Gasteiger partial charge in [-0.1, -0.05) is 54.2 Å². The topological polar surface area (TPSA) is 98.1 Å². The lowest BCUT2D eigenvalue weighted by Crippen LogP contribution is -2.39. The number of thioether (sulfide) groups is 1. The highest BCUT2D eigenvalue weighted by molar-refractivity contribution is 8.00. The molecule has 2 N–H and O–H groups in total. The highest BCUT2D eigenvalue weighted by Crippen LogP contribution is 2.36. The summed E-state index contributed by atoms with van der Waals surface area (Å²) in [5.41, 5.74) is 1.55. The van der Waals surface area contributed by atoms with Gasteiger partial charge in [-0.15, -0.1) is 10.2 Å². The Balaban J connectivity index is 1.93. The molecule has 9 heteroatoms. The van der Waals surface area contributed by atoms with Crippen LogP contribution in [0.4, 0.5) is 4.79 Å². The molecular formula is C20H21N5O3S. The maximum Gasteiger partial charge on any atom is 0.321 e. The summed E-state index contributed by atoms with van der Waals surface area (Å²) >= 11 is 1.21. The van der Waals surface area contributed by atoms with Crippen LogP contribution in [0.5, 0.6) is 5.75 Å². The Kier molecular flexibility index (Phi) is 6.50. The number of hydrogen-bond donors (Lipinski definition) is 2. The van der Waals surface area contributed by atoms with Crippen molar-refractivity contribution in [2.24, 2.45) is 7.05 Å². The van der Waals surface area contributed by atoms with Gasteiger partial charge >= 0.3 is 6.03 Å². The molecular weight excluding hydrogens is 390 g/mol. The van der Waals surface area contributed by atoms with Crippen LogP contribution >= 0.6 is 11.8 Å². The van der Waals surface area contributed by atoms with Crippen molar-refractivity contribution in [1.82, 2.24) is 25.4 Å². The fraction of sp³-hybridized carbons (Fsp3) is 0.200. The van der Waals surface area contributed by atoms with Crippen molar-refractivity contribution in [3.05, 3.63) is 60.2 Å². The van der Waals surface area contributed by atoms with Gasteiger partial charge in [-0.25, -0.2) is 4.79 Å². The minimum atomic E-state index is -0.679. The third-order valence-corrected chi connectivity index (χ3v) is 5.50. The fourth-order valence-corrected chi connectivity index (χ4v) is 3.73. The van der Waals surface area contributed by atoms with Crippen molar-refractivity contribution in [3.8, 4) is 17.1 Å². The molecule has 0 saturated heterocycles. The summed E-state index contributed by atoms with van der Waals surface area (Å²) in [5.74, 6) is 0.849. The van der Waals surface area contributed by atoms with E-state index in [0.29, 0.717) is 16.7 Å². The van der Waals surface area contributed by atoms with Gasteiger partial charge in [0.15, 0.2) is 11.0 Å². The zero-order chi connectivity index (χ0) is 20.8. The second-order valence-electron chi connectivity index (χ2n) is 6.04. The number of nitrogens with zero attached hydrogens (tertiary/aromatic N) is 3. The van der Waals surface area contributed by atoms with Gasteiger partial charge in [0.1, 0.15) is 11.0 Å². The van der Waals surface area contributed by atoms with E-state index in [-0.39, 0.29) is 0 Å². The van der Waals surface area contributed by atoms with Crippen LogP contribution in [-0.2, 0) is 11.8 Å². The van der Waals surface area contributed by atoms with E-state index in [0.717, 1.165) is 11.1 Å². The van der Waals surface area contributed by atoms with Crippen LogP contribution in [0.15, 0.2) is 59.8 Å². The molecule has 1 aromatic heterocycles. The van der Waals surface area contributed by atoms with Crippen LogP contribution in [0.1, 0.15) is 10.8 Å². The molecule has 0 aliphatic heterocycles. The number of nitrogens with one attached hydrogen (secondary N) is 2. The molecule has 2 aromatic carbocycles. The standard InChI is InChI=1S/C20H21N5O3S/c1-21-19(27)22-18(26)16(13-9-5-4-6-10-13)29-20-24-23-17(25(20)2)14-11-7-8-12-15(14)28-3/h4-12,16H,1-3H3,(H2,21,22,26,27)/t16-/m0/s1. The maximum absolute atomic E-state index is 12.7. The Hall–Kier alpha value is -3.33. The van der Waals surface area contributed by atoms with Crippen LogP contribution in [0.3, 0.4) is 0 Å². The smallest absolute Gasteiger partial charge is 0.321 e. The number of urea groups is 1. The van der Waals surface area contributed by atoms with Crippen molar-refractivity contribution < 1.29 is 14.3 Å². The SMILES string of the molecule is CNC(=O)NC(=O)[C@@H](Sc1nnc(-c2ccccc2OC)n1C)c1ccccc1. The summed E-state index contributed by atoms with van der Waals surface area (Å²) in [4.78, 5) is 24.4. The molecule has 150 valence electrons. The normalized spacial score (nSPS) is 11.6. The zero-order valence-corrected chi connectivity index (χ0v) is 17.1. The largest absolute Gasteiger partial charge is 0.496 e. The summed E-state index contributed by atoms with van der Waals surface area (Å²) < 4.78 is 7.21. The van der Waals surface area contributed by atoms with Crippen molar-refractivity contribution in [2.45, 2.75) is 10.4 Å². The molecule has 0 fully saturated rings. The molecule has 3 aromatic rings. The number of methoxy groups -OCH3 is 1. The van der Waals surface area contributed by atoms with Gasteiger partial charge in [0.05, 0.1) is 12.7 Å². The fourth-order valence-electron chi connectivity index (χ4n) is 2.73. The van der Waals surface area contributed by atoms with E-state index in [2.05, 4.69) is 20.8 Å². The average Bonchev–Trinajstić information content (AvgIpc) is 3.12. The highest BCUT2D eigenvalue weighted by atomic mass is 32.2. The lowest BCUT2D eigenvalue weighted by Gasteiger charge is -2.16. The molecule has 3 rings (SSSR count). The van der Waals surface area contributed by atoms with E-state index in [9.17, 15) is 9.59 Å². The van der Waals surface area contributed by atoms with E-state index >= 15 is 0 Å². The molecule has 0 aliphatic carbocycles. The monoisotopic (exact) mass is 411 g/mol. The van der Waals surface area contributed by atoms with Crippen molar-refractivity contribution in [3.63, 3.8) is 0 Å². The molecule has 1 heterocycles. The third-order valence-electron chi connectivity index (χ3n) is 4.21. The van der Waals surface area contributed by atoms with E-state index in [1.165, 1.54) is 18.8 Å². The Morgan fingerprint density at radius 3 is 2.45 bits per heavy atom. The predicted octanol–water partition coefficient (Wildman–Crippen LogP) is 2.78. The number of amides is 3. The minimum absolute atomic E-state index is 0.442. The lowest BCUT2D eigenvalue weighted by molar-refractivity contribution is -0.119. The zero-order valence-electron chi connectivity index (χ0n) is 16.2. The van der Waals surface area contributed by atoms with Crippen molar-refractivity contribution >= 4 is 23.7 Å². The molecule has 8 nitrogen and oxygen atoms in total. The van der Waals surface area contributed by atoms with E-state index in [4.69, 9.17) is 4.74 Å². The first-order valence-corrected chi connectivity index (χ1v) is 9.70. The van der Waals surface area contributed by atoms with E-state index < -0.39 is 17.2 Å². The first-order valence-electron chi connectivity index (χ1n) is 8.82. The van der Waals surface area contributed by atoms with Crippen LogP contribution in [0.2, 0.25) is 0 Å². The lowest BCUT2D eigenvalue weighted by atomic mass is 10.1. The molecule has 3 amide bonds. The minimum Gasteiger partial charge on any atom is -0.496 e. The summed E-state index contributed by atoms with van der Waals surface area (Å²) in [6.45, 7) is 0. The number of hydrogen-bond acceptors (Lipinski definition) is 6. The molecule has 0 radical (unpaired) electrons. The van der Waals surface area contributed by atoms with Crippen LogP contribution in [-0.4, -0.2) is 40.9 Å². The van der Waals surface area contributed by atoms with Crippen molar-refractivity contribution in [1.29, 1.82) is 0 Å². The molecule has 0 saturated carbocycles. The summed E-state index contributed by atoms with van der Waals surface area (Å²) in [6.07, 6.45) is 0. The number of rotatable bonds is 6. The van der Waals surface area contributed by atoms with E-state index in [1.807, 2.05) is 61.6 Å². The summed E-state index contributed by atoms with van der Waals surface area (Å²) in [6, 6.07) is 16.2. The quantitative estimate of drug-likeness (QED) is 0.606. The molecule has 0 spiro atoms. The average molecular weight is 411 g/mol. The van der Waals surface area contributed by atoms with Crippen LogP contribution in [0, 0.1) is 0 Å². The number of benzene rings is 2. The van der Waals surface area contributed by atoms with Gasteiger partial charge in [-0.3, -0.25) is 10.1 Å². The molecule has 0 aliphatic rings. The number of para-hydroxylation sites is 1. The number of aromatic nitrogens is 3. The second kappa shape index (κ2) is 9.24. The van der Waals surface area contributed by atoms with Crippen molar-refractivity contribution in [2.75, 3.05) is 14.2 Å². The van der Waals surface area contributed by atoms with Gasteiger partial charge in [-0.2, -0.15) is 0 Å². The first kappa shape index (κ1) is 20.4. The number of carbonyl (C=O) groups excluding carboxylic acids is 2. The predicted molar refractivity (Wildman–Crippen MR) is 111 cm³/mol. The second-order valence-corrected chi connectivity index (χ2v) is 7.11. The van der Waals surface area contributed by atoms with Gasteiger partial charge in [0, 0.05) is 14.1 Å². The summed E-state index contributed by atoms with van der Waals surface area (Å²) in [7, 11) is 4.87. The molecule has 29 heavy (non-hydrogen) atoms. The number of imide groups is 1. The van der Waals surface area contributed by atoms with Gasteiger partial charge < -0.3 is 14.6 Å². The maximum atomic E-state index is 12.7.